The van der Waals surface area contributed by atoms with Crippen molar-refractivity contribution in [1.82, 2.24) is 15.1 Å². The second kappa shape index (κ2) is 10.8. The molecule has 1 amide bonds. The van der Waals surface area contributed by atoms with Gasteiger partial charge in [-0.25, -0.2) is 0 Å². The Labute approximate surface area is 180 Å². The molecule has 7 nitrogen and oxygen atoms in total. The fraction of sp³-hybridized carbons (Fsp3) is 0.652. The average Bonchev–Trinajstić information content (AvgIpc) is 2.75. The lowest BCUT2D eigenvalue weighted by molar-refractivity contribution is -0.0586. The van der Waals surface area contributed by atoms with Gasteiger partial charge in [-0.1, -0.05) is 12.1 Å². The number of benzene rings is 1. The molecule has 0 radical (unpaired) electrons. The third-order valence-corrected chi connectivity index (χ3v) is 5.71. The summed E-state index contributed by atoms with van der Waals surface area (Å²) in [6, 6.07) is 7.87. The van der Waals surface area contributed by atoms with Crippen molar-refractivity contribution in [2.75, 3.05) is 39.8 Å². The number of amides is 1. The van der Waals surface area contributed by atoms with Crippen molar-refractivity contribution < 1.29 is 14.3 Å². The molecule has 2 unspecified atom stereocenters. The Morgan fingerprint density at radius 3 is 2.33 bits per heavy atom. The molecule has 2 fully saturated rings. The molecule has 30 heavy (non-hydrogen) atoms. The first-order chi connectivity index (χ1) is 14.5. The predicted octanol–water partition coefficient (Wildman–Crippen LogP) is 2.51. The van der Waals surface area contributed by atoms with E-state index in [1.807, 2.05) is 57.0 Å². The lowest BCUT2D eigenvalue weighted by Gasteiger charge is -2.35. The number of nitrogens with one attached hydrogen (secondary N) is 1. The molecule has 166 valence electrons. The van der Waals surface area contributed by atoms with Gasteiger partial charge in [-0.3, -0.25) is 9.79 Å². The van der Waals surface area contributed by atoms with Gasteiger partial charge in [-0.05, 0) is 51.3 Å². The van der Waals surface area contributed by atoms with Gasteiger partial charge in [0.05, 0.1) is 18.3 Å². The summed E-state index contributed by atoms with van der Waals surface area (Å²) in [7, 11) is 1.82. The summed E-state index contributed by atoms with van der Waals surface area (Å²) in [6.07, 6.45) is 2.58. The number of rotatable bonds is 5. The van der Waals surface area contributed by atoms with Crippen LogP contribution in [0.4, 0.5) is 0 Å². The van der Waals surface area contributed by atoms with Crippen LogP contribution in [-0.4, -0.2) is 79.8 Å². The highest BCUT2D eigenvalue weighted by Gasteiger charge is 2.26. The van der Waals surface area contributed by atoms with Gasteiger partial charge in [-0.15, -0.1) is 0 Å². The molecule has 1 aromatic carbocycles. The van der Waals surface area contributed by atoms with Crippen molar-refractivity contribution >= 4 is 11.9 Å². The second-order valence-corrected chi connectivity index (χ2v) is 8.21. The van der Waals surface area contributed by atoms with Gasteiger partial charge in [0.25, 0.3) is 5.91 Å². The zero-order chi connectivity index (χ0) is 21.5. The second-order valence-electron chi connectivity index (χ2n) is 8.21. The third kappa shape index (κ3) is 5.95. The van der Waals surface area contributed by atoms with Crippen LogP contribution in [-0.2, 0) is 16.0 Å². The minimum Gasteiger partial charge on any atom is -0.378 e. The Hall–Kier alpha value is -2.12. The Balaban J connectivity index is 1.51. The minimum absolute atomic E-state index is 0.0736. The Bertz CT molecular complexity index is 704. The smallest absolute Gasteiger partial charge is 0.254 e. The monoisotopic (exact) mass is 416 g/mol. The van der Waals surface area contributed by atoms with Gasteiger partial charge in [-0.2, -0.15) is 0 Å². The molecule has 0 saturated carbocycles. The Morgan fingerprint density at radius 2 is 1.77 bits per heavy atom. The molecule has 7 heteroatoms. The molecular weight excluding hydrogens is 380 g/mol. The third-order valence-electron chi connectivity index (χ3n) is 5.71. The molecule has 1 N–H and O–H groups in total. The van der Waals surface area contributed by atoms with Crippen LogP contribution in [0, 0.1) is 0 Å². The zero-order valence-corrected chi connectivity index (χ0v) is 18.8. The standard InChI is InChI=1S/C23H36N4O3/c1-5-29-21-10-12-26(13-11-21)23(24-4)25-14-19-6-8-20(9-7-19)22(28)27-15-17(2)30-18(3)16-27/h6-9,17-18,21H,5,10-16H2,1-4H3,(H,24,25). The molecule has 0 aromatic heterocycles. The molecule has 2 heterocycles. The molecule has 2 aliphatic rings. The van der Waals surface area contributed by atoms with E-state index in [1.165, 1.54) is 0 Å². The number of morpholine rings is 1. The van der Waals surface area contributed by atoms with Crippen molar-refractivity contribution in [2.24, 2.45) is 4.99 Å². The van der Waals surface area contributed by atoms with Crippen molar-refractivity contribution in [3.63, 3.8) is 0 Å². The minimum atomic E-state index is 0.0736. The van der Waals surface area contributed by atoms with Crippen LogP contribution < -0.4 is 5.32 Å². The molecule has 1 aromatic rings. The fourth-order valence-electron chi connectivity index (χ4n) is 4.27. The van der Waals surface area contributed by atoms with Crippen LogP contribution in [0.2, 0.25) is 0 Å². The van der Waals surface area contributed by atoms with Crippen molar-refractivity contribution in [3.05, 3.63) is 35.4 Å². The van der Waals surface area contributed by atoms with E-state index in [2.05, 4.69) is 15.2 Å². The van der Waals surface area contributed by atoms with Crippen LogP contribution in [0.5, 0.6) is 0 Å². The van der Waals surface area contributed by atoms with Gasteiger partial charge in [0.1, 0.15) is 0 Å². The summed E-state index contributed by atoms with van der Waals surface area (Å²) in [6.45, 7) is 10.7. The zero-order valence-electron chi connectivity index (χ0n) is 18.8. The maximum absolute atomic E-state index is 12.8. The van der Waals surface area contributed by atoms with Crippen molar-refractivity contribution in [2.45, 2.75) is 58.5 Å². The molecule has 2 saturated heterocycles. The molecule has 2 aliphatic heterocycles. The number of aliphatic imine (C=N–C) groups is 1. The summed E-state index contributed by atoms with van der Waals surface area (Å²) >= 11 is 0. The van der Waals surface area contributed by atoms with Gasteiger partial charge in [0, 0.05) is 51.9 Å². The van der Waals surface area contributed by atoms with E-state index in [-0.39, 0.29) is 18.1 Å². The van der Waals surface area contributed by atoms with Crippen LogP contribution in [0.15, 0.2) is 29.3 Å². The van der Waals surface area contributed by atoms with Crippen LogP contribution >= 0.6 is 0 Å². The number of ether oxygens (including phenoxy) is 2. The largest absolute Gasteiger partial charge is 0.378 e. The summed E-state index contributed by atoms with van der Waals surface area (Å²) in [5.41, 5.74) is 1.85. The van der Waals surface area contributed by atoms with Crippen LogP contribution in [0.25, 0.3) is 0 Å². The molecule has 2 atom stereocenters. The first-order valence-electron chi connectivity index (χ1n) is 11.1. The number of carbonyl (C=O) groups is 1. The number of hydrogen-bond acceptors (Lipinski definition) is 4. The van der Waals surface area contributed by atoms with E-state index in [1.54, 1.807) is 0 Å². The lowest BCUT2D eigenvalue weighted by atomic mass is 10.1. The van der Waals surface area contributed by atoms with Gasteiger partial charge in [0.2, 0.25) is 0 Å². The maximum Gasteiger partial charge on any atom is 0.254 e. The molecule has 0 spiro atoms. The highest BCUT2D eigenvalue weighted by molar-refractivity contribution is 5.94. The highest BCUT2D eigenvalue weighted by atomic mass is 16.5. The average molecular weight is 417 g/mol. The highest BCUT2D eigenvalue weighted by Crippen LogP contribution is 2.16. The van der Waals surface area contributed by atoms with Crippen LogP contribution in [0.1, 0.15) is 49.5 Å². The number of piperidine rings is 1. The normalized spacial score (nSPS) is 23.5. The van der Waals surface area contributed by atoms with E-state index < -0.39 is 0 Å². The summed E-state index contributed by atoms with van der Waals surface area (Å²) in [4.78, 5) is 21.4. The molecular formula is C23H36N4O3. The molecule has 0 aliphatic carbocycles. The van der Waals surface area contributed by atoms with Crippen molar-refractivity contribution in [3.8, 4) is 0 Å². The first-order valence-corrected chi connectivity index (χ1v) is 11.1. The van der Waals surface area contributed by atoms with E-state index in [0.717, 1.165) is 49.6 Å². The first kappa shape index (κ1) is 22.6. The van der Waals surface area contributed by atoms with E-state index in [4.69, 9.17) is 9.47 Å². The Kier molecular flexibility index (Phi) is 8.10. The van der Waals surface area contributed by atoms with Gasteiger partial charge >= 0.3 is 0 Å². The number of guanidine groups is 1. The number of carbonyl (C=O) groups excluding carboxylic acids is 1. The Morgan fingerprint density at radius 1 is 1.13 bits per heavy atom. The van der Waals surface area contributed by atoms with Crippen molar-refractivity contribution in [1.29, 1.82) is 0 Å². The lowest BCUT2D eigenvalue weighted by Crippen LogP contribution is -2.48. The summed E-state index contributed by atoms with van der Waals surface area (Å²) in [5.74, 6) is 0.992. The number of hydrogen-bond donors (Lipinski definition) is 1. The summed E-state index contributed by atoms with van der Waals surface area (Å²) < 4.78 is 11.5. The molecule has 3 rings (SSSR count). The molecule has 0 bridgehead atoms. The van der Waals surface area contributed by atoms with Crippen LogP contribution in [0.3, 0.4) is 0 Å². The van der Waals surface area contributed by atoms with E-state index in [0.29, 0.717) is 25.7 Å². The van der Waals surface area contributed by atoms with E-state index >= 15 is 0 Å². The quantitative estimate of drug-likeness (QED) is 0.590. The number of likely N-dealkylation sites (tertiary alicyclic amines) is 1. The topological polar surface area (TPSA) is 66.4 Å². The van der Waals surface area contributed by atoms with E-state index in [9.17, 15) is 4.79 Å². The summed E-state index contributed by atoms with van der Waals surface area (Å²) in [5, 5.41) is 3.45. The SMILES string of the molecule is CCOC1CCN(C(=NC)NCc2ccc(C(=O)N3CC(C)OC(C)C3)cc2)CC1. The van der Waals surface area contributed by atoms with Gasteiger partial charge in [0.15, 0.2) is 5.96 Å². The number of nitrogens with zero attached hydrogens (tertiary/aromatic N) is 3. The predicted molar refractivity (Wildman–Crippen MR) is 119 cm³/mol. The fourth-order valence-corrected chi connectivity index (χ4v) is 4.27. The maximum atomic E-state index is 12.8. The van der Waals surface area contributed by atoms with Gasteiger partial charge < -0.3 is 24.6 Å².